The summed E-state index contributed by atoms with van der Waals surface area (Å²) in [5, 5.41) is 11.8. The highest BCUT2D eigenvalue weighted by Crippen LogP contribution is 2.33. The lowest BCUT2D eigenvalue weighted by atomic mass is 9.95. The lowest BCUT2D eigenvalue weighted by Gasteiger charge is -2.30. The van der Waals surface area contributed by atoms with Gasteiger partial charge in [-0.05, 0) is 31.9 Å². The normalized spacial score (nSPS) is 15.4. The van der Waals surface area contributed by atoms with Crippen molar-refractivity contribution in [2.24, 2.45) is 0 Å². The minimum absolute atomic E-state index is 0.0402. The number of nitrogen functional groups attached to an aromatic ring is 1. The van der Waals surface area contributed by atoms with Crippen LogP contribution in [0.3, 0.4) is 0 Å². The molecule has 3 N–H and O–H groups in total. The van der Waals surface area contributed by atoms with Gasteiger partial charge in [0.15, 0.2) is 5.75 Å². The minimum atomic E-state index is 0.0402. The molecule has 0 radical (unpaired) electrons. The number of nitrogens with zero attached hydrogens (tertiary/aromatic N) is 3. The van der Waals surface area contributed by atoms with Crippen molar-refractivity contribution in [3.05, 3.63) is 36.0 Å². The Bertz CT molecular complexity index is 654. The zero-order valence-electron chi connectivity index (χ0n) is 13.3. The van der Waals surface area contributed by atoms with Gasteiger partial charge in [0.1, 0.15) is 5.75 Å². The summed E-state index contributed by atoms with van der Waals surface area (Å²) in [7, 11) is 0. The second-order valence-corrected chi connectivity index (χ2v) is 5.97. The predicted octanol–water partition coefficient (Wildman–Crippen LogP) is 3.69. The molecule has 1 saturated carbocycles. The van der Waals surface area contributed by atoms with Crippen LogP contribution in [0.25, 0.3) is 0 Å². The summed E-state index contributed by atoms with van der Waals surface area (Å²) in [6.45, 7) is 2.01. The molecule has 0 amide bonds. The van der Waals surface area contributed by atoms with E-state index < -0.39 is 0 Å². The molecule has 1 heterocycles. The number of rotatable bonds is 4. The van der Waals surface area contributed by atoms with Gasteiger partial charge in [-0.25, -0.2) is 10.0 Å². The Morgan fingerprint density at radius 1 is 1.17 bits per heavy atom. The largest absolute Gasteiger partial charge is 0.452 e. The van der Waals surface area contributed by atoms with Crippen LogP contribution in [0.15, 0.2) is 30.5 Å². The Balaban J connectivity index is 1.86. The van der Waals surface area contributed by atoms with Gasteiger partial charge in [-0.3, -0.25) is 5.21 Å². The van der Waals surface area contributed by atoms with E-state index in [4.69, 9.17) is 10.5 Å². The Morgan fingerprint density at radius 3 is 2.57 bits per heavy atom. The number of aromatic nitrogens is 2. The van der Waals surface area contributed by atoms with Crippen LogP contribution in [0, 0.1) is 6.92 Å². The zero-order chi connectivity index (χ0) is 16.2. The van der Waals surface area contributed by atoms with Crippen molar-refractivity contribution in [2.45, 2.75) is 45.1 Å². The van der Waals surface area contributed by atoms with Crippen LogP contribution in [-0.2, 0) is 0 Å². The Kier molecular flexibility index (Phi) is 4.62. The summed E-state index contributed by atoms with van der Waals surface area (Å²) in [5.74, 6) is 1.51. The molecule has 1 aromatic carbocycles. The molecule has 0 spiro atoms. The third-order valence-corrected chi connectivity index (χ3v) is 4.14. The smallest absolute Gasteiger partial charge is 0.222 e. The lowest BCUT2D eigenvalue weighted by molar-refractivity contribution is 0.185. The number of hydrogen-bond acceptors (Lipinski definition) is 6. The van der Waals surface area contributed by atoms with Gasteiger partial charge in [0.2, 0.25) is 11.8 Å². The molecule has 1 fully saturated rings. The first-order valence-electron chi connectivity index (χ1n) is 7.98. The molecule has 0 saturated heterocycles. The molecule has 122 valence electrons. The van der Waals surface area contributed by atoms with Gasteiger partial charge in [-0.15, -0.1) is 0 Å². The fourth-order valence-electron chi connectivity index (χ4n) is 2.84. The molecule has 1 aliphatic rings. The third kappa shape index (κ3) is 3.71. The fourth-order valence-corrected chi connectivity index (χ4v) is 2.84. The number of ether oxygens (including phenoxy) is 1. The van der Waals surface area contributed by atoms with Gasteiger partial charge in [-0.1, -0.05) is 37.0 Å². The highest BCUT2D eigenvalue weighted by molar-refractivity contribution is 5.53. The average molecular weight is 314 g/mol. The highest BCUT2D eigenvalue weighted by Gasteiger charge is 2.24. The Labute approximate surface area is 135 Å². The van der Waals surface area contributed by atoms with Crippen LogP contribution in [-0.4, -0.2) is 21.2 Å². The molecule has 0 aliphatic heterocycles. The maximum Gasteiger partial charge on any atom is 0.222 e. The molecular formula is C17H22N4O2. The molecule has 0 bridgehead atoms. The van der Waals surface area contributed by atoms with Crippen LogP contribution < -0.4 is 15.5 Å². The van der Waals surface area contributed by atoms with Crippen molar-refractivity contribution in [2.75, 3.05) is 10.8 Å². The molecule has 1 aromatic heterocycles. The monoisotopic (exact) mass is 314 g/mol. The molecular weight excluding hydrogens is 292 g/mol. The van der Waals surface area contributed by atoms with Crippen molar-refractivity contribution >= 4 is 11.8 Å². The lowest BCUT2D eigenvalue weighted by Crippen LogP contribution is -2.35. The first kappa shape index (κ1) is 15.6. The molecule has 6 nitrogen and oxygen atoms in total. The standard InChI is InChI=1S/C17H22N4O2/c1-12-7-9-14(10-8-12)23-15-11-19-17(18)20-16(15)21(22)13-5-3-2-4-6-13/h7-11,13,22H,2-6H2,1H3,(H2,18,19,20). The zero-order valence-corrected chi connectivity index (χ0v) is 13.3. The van der Waals surface area contributed by atoms with E-state index in [9.17, 15) is 5.21 Å². The molecule has 2 aromatic rings. The Hall–Kier alpha value is -2.34. The third-order valence-electron chi connectivity index (χ3n) is 4.14. The van der Waals surface area contributed by atoms with E-state index in [0.717, 1.165) is 31.2 Å². The first-order chi connectivity index (χ1) is 11.1. The maximum absolute atomic E-state index is 10.6. The van der Waals surface area contributed by atoms with Gasteiger partial charge in [0.05, 0.1) is 12.2 Å². The molecule has 3 rings (SSSR count). The van der Waals surface area contributed by atoms with E-state index in [0.29, 0.717) is 17.3 Å². The summed E-state index contributed by atoms with van der Waals surface area (Å²) in [4.78, 5) is 8.16. The SMILES string of the molecule is Cc1ccc(Oc2cnc(N)nc2N(O)C2CCCCC2)cc1. The number of benzene rings is 1. The number of hydroxylamine groups is 1. The van der Waals surface area contributed by atoms with Gasteiger partial charge in [0, 0.05) is 0 Å². The van der Waals surface area contributed by atoms with E-state index in [1.54, 1.807) is 0 Å². The quantitative estimate of drug-likeness (QED) is 0.837. The van der Waals surface area contributed by atoms with Gasteiger partial charge >= 0.3 is 0 Å². The van der Waals surface area contributed by atoms with E-state index in [2.05, 4.69) is 9.97 Å². The minimum Gasteiger partial charge on any atom is -0.452 e. The summed E-state index contributed by atoms with van der Waals surface area (Å²) < 4.78 is 5.85. The topological polar surface area (TPSA) is 84.5 Å². The first-order valence-corrected chi connectivity index (χ1v) is 7.98. The molecule has 23 heavy (non-hydrogen) atoms. The van der Waals surface area contributed by atoms with Gasteiger partial charge in [0.25, 0.3) is 0 Å². The van der Waals surface area contributed by atoms with Crippen molar-refractivity contribution in [1.29, 1.82) is 0 Å². The number of aryl methyl sites for hydroxylation is 1. The van der Waals surface area contributed by atoms with Crippen LogP contribution in [0.5, 0.6) is 11.5 Å². The van der Waals surface area contributed by atoms with Crippen molar-refractivity contribution < 1.29 is 9.94 Å². The summed E-state index contributed by atoms with van der Waals surface area (Å²) >= 11 is 0. The second kappa shape index (κ2) is 6.83. The van der Waals surface area contributed by atoms with Crippen molar-refractivity contribution in [3.8, 4) is 11.5 Å². The van der Waals surface area contributed by atoms with E-state index in [1.807, 2.05) is 31.2 Å². The molecule has 0 atom stereocenters. The van der Waals surface area contributed by atoms with Crippen LogP contribution >= 0.6 is 0 Å². The molecule has 6 heteroatoms. The summed E-state index contributed by atoms with van der Waals surface area (Å²) in [5.41, 5.74) is 6.84. The molecule has 0 unspecified atom stereocenters. The van der Waals surface area contributed by atoms with E-state index >= 15 is 0 Å². The Morgan fingerprint density at radius 2 is 1.87 bits per heavy atom. The summed E-state index contributed by atoms with van der Waals surface area (Å²) in [6, 6.07) is 7.71. The fraction of sp³-hybridized carbons (Fsp3) is 0.412. The second-order valence-electron chi connectivity index (χ2n) is 5.97. The van der Waals surface area contributed by atoms with Crippen LogP contribution in [0.1, 0.15) is 37.7 Å². The van der Waals surface area contributed by atoms with Gasteiger partial charge < -0.3 is 10.5 Å². The number of hydrogen-bond donors (Lipinski definition) is 2. The average Bonchev–Trinajstić information content (AvgIpc) is 2.58. The van der Waals surface area contributed by atoms with Gasteiger partial charge in [-0.2, -0.15) is 4.98 Å². The van der Waals surface area contributed by atoms with Crippen LogP contribution in [0.4, 0.5) is 11.8 Å². The van der Waals surface area contributed by atoms with Crippen molar-refractivity contribution in [1.82, 2.24) is 9.97 Å². The maximum atomic E-state index is 10.6. The highest BCUT2D eigenvalue weighted by atomic mass is 16.5. The number of anilines is 2. The summed E-state index contributed by atoms with van der Waals surface area (Å²) in [6.07, 6.45) is 6.80. The van der Waals surface area contributed by atoms with Crippen LogP contribution in [0.2, 0.25) is 0 Å². The predicted molar refractivity (Wildman–Crippen MR) is 88.8 cm³/mol. The molecule has 1 aliphatic carbocycles. The number of nitrogens with two attached hydrogens (primary N) is 1. The van der Waals surface area contributed by atoms with E-state index in [1.165, 1.54) is 17.7 Å². The van der Waals surface area contributed by atoms with Crippen molar-refractivity contribution in [3.63, 3.8) is 0 Å². The van der Waals surface area contributed by atoms with E-state index in [-0.39, 0.29) is 12.0 Å².